The molecule has 27 heavy (non-hydrogen) atoms. The molecule has 0 fully saturated rings. The highest BCUT2D eigenvalue weighted by atomic mass is 19.2. The molecule has 2 nitrogen and oxygen atoms in total. The van der Waals surface area contributed by atoms with Crippen molar-refractivity contribution in [3.05, 3.63) is 63.7 Å². The maximum Gasteiger partial charge on any atom is 0.177 e. The second-order valence-electron chi connectivity index (χ2n) is 6.49. The zero-order valence-corrected chi connectivity index (χ0v) is 16.0. The first-order valence-corrected chi connectivity index (χ1v) is 9.12. The van der Waals surface area contributed by atoms with Crippen LogP contribution in [-0.2, 0) is 0 Å². The van der Waals surface area contributed by atoms with E-state index < -0.39 is 11.6 Å². The molecular formula is C23H23F2NO. The summed E-state index contributed by atoms with van der Waals surface area (Å²) in [4.78, 5) is 0. The number of nitriles is 1. The average Bonchev–Trinajstić information content (AvgIpc) is 2.64. The first kappa shape index (κ1) is 20.5. The van der Waals surface area contributed by atoms with Crippen LogP contribution in [-0.4, -0.2) is 6.61 Å². The Morgan fingerprint density at radius 2 is 1.56 bits per heavy atom. The number of rotatable bonds is 6. The number of halogens is 2. The molecule has 0 saturated carbocycles. The molecule has 0 spiro atoms. The SMILES string of the molecule is CCCCCCOc1cc(C)c(C#Cc2ccc(C#N)c(F)c2F)c(C)c1. The summed E-state index contributed by atoms with van der Waals surface area (Å²) >= 11 is 0. The van der Waals surface area contributed by atoms with Gasteiger partial charge in [0.05, 0.1) is 17.7 Å². The van der Waals surface area contributed by atoms with Gasteiger partial charge < -0.3 is 4.74 Å². The van der Waals surface area contributed by atoms with E-state index in [1.165, 1.54) is 25.0 Å². The van der Waals surface area contributed by atoms with Crippen LogP contribution in [0.1, 0.15) is 60.4 Å². The Hall–Kier alpha value is -2.85. The van der Waals surface area contributed by atoms with Gasteiger partial charge in [0.2, 0.25) is 0 Å². The molecule has 2 aromatic carbocycles. The summed E-state index contributed by atoms with van der Waals surface area (Å²) in [7, 11) is 0. The average molecular weight is 367 g/mol. The van der Waals surface area contributed by atoms with Crippen molar-refractivity contribution in [1.29, 1.82) is 5.26 Å². The van der Waals surface area contributed by atoms with Gasteiger partial charge >= 0.3 is 0 Å². The highest BCUT2D eigenvalue weighted by molar-refractivity contribution is 5.53. The van der Waals surface area contributed by atoms with Crippen molar-refractivity contribution >= 4 is 0 Å². The van der Waals surface area contributed by atoms with Crippen molar-refractivity contribution < 1.29 is 13.5 Å². The van der Waals surface area contributed by atoms with Gasteiger partial charge in [-0.05, 0) is 55.7 Å². The van der Waals surface area contributed by atoms with Crippen molar-refractivity contribution in [1.82, 2.24) is 0 Å². The van der Waals surface area contributed by atoms with Gasteiger partial charge in [0.1, 0.15) is 11.8 Å². The number of hydrogen-bond acceptors (Lipinski definition) is 2. The predicted octanol–water partition coefficient (Wildman–Crippen LogP) is 5.81. The first-order valence-electron chi connectivity index (χ1n) is 9.12. The minimum absolute atomic E-state index is 0.0680. The Kier molecular flexibility index (Phi) is 7.38. The molecule has 2 rings (SSSR count). The molecule has 0 heterocycles. The van der Waals surface area contributed by atoms with E-state index >= 15 is 0 Å². The van der Waals surface area contributed by atoms with Gasteiger partial charge in [-0.3, -0.25) is 0 Å². The number of nitrogens with zero attached hydrogens (tertiary/aromatic N) is 1. The van der Waals surface area contributed by atoms with Gasteiger partial charge in [0, 0.05) is 5.56 Å². The highest BCUT2D eigenvalue weighted by Crippen LogP contribution is 2.22. The third kappa shape index (κ3) is 5.31. The summed E-state index contributed by atoms with van der Waals surface area (Å²) in [6, 6.07) is 7.99. The lowest BCUT2D eigenvalue weighted by atomic mass is 10.0. The zero-order chi connectivity index (χ0) is 19.8. The molecule has 4 heteroatoms. The van der Waals surface area contributed by atoms with Gasteiger partial charge in [-0.1, -0.05) is 38.0 Å². The van der Waals surface area contributed by atoms with Crippen LogP contribution < -0.4 is 4.74 Å². The van der Waals surface area contributed by atoms with E-state index in [0.717, 1.165) is 35.3 Å². The monoisotopic (exact) mass is 367 g/mol. The van der Waals surface area contributed by atoms with Crippen LogP contribution in [0.5, 0.6) is 5.75 Å². The Morgan fingerprint density at radius 3 is 2.19 bits per heavy atom. The third-order valence-electron chi connectivity index (χ3n) is 4.30. The molecule has 0 unspecified atom stereocenters. The zero-order valence-electron chi connectivity index (χ0n) is 16.0. The number of unbranched alkanes of at least 4 members (excludes halogenated alkanes) is 3. The summed E-state index contributed by atoms with van der Waals surface area (Å²) in [5, 5.41) is 8.74. The molecule has 0 atom stereocenters. The molecule has 0 aromatic heterocycles. The van der Waals surface area contributed by atoms with Gasteiger partial charge in [-0.25, -0.2) is 8.78 Å². The number of benzene rings is 2. The fourth-order valence-electron chi connectivity index (χ4n) is 2.79. The van der Waals surface area contributed by atoms with Crippen LogP contribution in [0.4, 0.5) is 8.78 Å². The highest BCUT2D eigenvalue weighted by Gasteiger charge is 2.12. The third-order valence-corrected chi connectivity index (χ3v) is 4.30. The fourth-order valence-corrected chi connectivity index (χ4v) is 2.79. The molecule has 0 bridgehead atoms. The first-order chi connectivity index (χ1) is 13.0. The topological polar surface area (TPSA) is 33.0 Å². The lowest BCUT2D eigenvalue weighted by Crippen LogP contribution is -1.99. The van der Waals surface area contributed by atoms with E-state index in [4.69, 9.17) is 10.00 Å². The van der Waals surface area contributed by atoms with E-state index in [1.54, 1.807) is 6.07 Å². The minimum Gasteiger partial charge on any atom is -0.494 e. The predicted molar refractivity (Wildman–Crippen MR) is 103 cm³/mol. The maximum absolute atomic E-state index is 14.0. The summed E-state index contributed by atoms with van der Waals surface area (Å²) in [5.41, 5.74) is 2.20. The van der Waals surface area contributed by atoms with Crippen LogP contribution in [0.25, 0.3) is 0 Å². The normalized spacial score (nSPS) is 10.1. The van der Waals surface area contributed by atoms with Crippen molar-refractivity contribution in [2.75, 3.05) is 6.61 Å². The molecule has 0 radical (unpaired) electrons. The van der Waals surface area contributed by atoms with Crippen molar-refractivity contribution in [3.8, 4) is 23.7 Å². The van der Waals surface area contributed by atoms with E-state index in [2.05, 4.69) is 18.8 Å². The summed E-state index contributed by atoms with van der Waals surface area (Å²) < 4.78 is 33.5. The molecule has 2 aromatic rings. The van der Waals surface area contributed by atoms with Crippen LogP contribution in [0.2, 0.25) is 0 Å². The largest absolute Gasteiger partial charge is 0.494 e. The second-order valence-corrected chi connectivity index (χ2v) is 6.49. The summed E-state index contributed by atoms with van der Waals surface area (Å²) in [6.45, 7) is 6.68. The quantitative estimate of drug-likeness (QED) is 0.477. The standard InChI is InChI=1S/C23H23F2NO/c1-4-5-6-7-12-27-20-13-16(2)21(17(3)14-20)11-10-18-8-9-19(15-26)23(25)22(18)24/h8-9,13-14H,4-7,12H2,1-3H3. The molecule has 0 saturated heterocycles. The van der Waals surface area contributed by atoms with Crippen LogP contribution in [0, 0.1) is 48.7 Å². The Balaban J connectivity index is 2.18. The van der Waals surface area contributed by atoms with Crippen molar-refractivity contribution in [2.24, 2.45) is 0 Å². The van der Waals surface area contributed by atoms with Gasteiger partial charge in [0.15, 0.2) is 11.6 Å². The Labute approximate surface area is 159 Å². The van der Waals surface area contributed by atoms with Crippen LogP contribution in [0.15, 0.2) is 24.3 Å². The summed E-state index contributed by atoms with van der Waals surface area (Å²) in [5.74, 6) is 4.13. The van der Waals surface area contributed by atoms with E-state index in [-0.39, 0.29) is 11.1 Å². The molecule has 0 aliphatic heterocycles. The maximum atomic E-state index is 14.0. The second kappa shape index (κ2) is 9.74. The van der Waals surface area contributed by atoms with Crippen LogP contribution in [0.3, 0.4) is 0 Å². The Morgan fingerprint density at radius 1 is 0.926 bits per heavy atom. The number of aryl methyl sites for hydroxylation is 2. The lowest BCUT2D eigenvalue weighted by molar-refractivity contribution is 0.304. The summed E-state index contributed by atoms with van der Waals surface area (Å²) in [6.07, 6.45) is 4.58. The molecule has 0 amide bonds. The van der Waals surface area contributed by atoms with Crippen LogP contribution >= 0.6 is 0 Å². The molecule has 0 aliphatic rings. The molecule has 0 N–H and O–H groups in total. The van der Waals surface area contributed by atoms with Gasteiger partial charge in [-0.15, -0.1) is 0 Å². The van der Waals surface area contributed by atoms with E-state index in [9.17, 15) is 8.78 Å². The van der Waals surface area contributed by atoms with Crippen molar-refractivity contribution in [3.63, 3.8) is 0 Å². The Bertz CT molecular complexity index is 893. The lowest BCUT2D eigenvalue weighted by Gasteiger charge is -2.10. The molecule has 0 aliphatic carbocycles. The number of hydrogen-bond donors (Lipinski definition) is 0. The fraction of sp³-hybridized carbons (Fsp3) is 0.348. The molecular weight excluding hydrogens is 344 g/mol. The minimum atomic E-state index is -1.16. The van der Waals surface area contributed by atoms with Gasteiger partial charge in [-0.2, -0.15) is 5.26 Å². The van der Waals surface area contributed by atoms with E-state index in [1.807, 2.05) is 26.0 Å². The van der Waals surface area contributed by atoms with E-state index in [0.29, 0.717) is 6.61 Å². The van der Waals surface area contributed by atoms with Crippen molar-refractivity contribution in [2.45, 2.75) is 46.5 Å². The number of ether oxygens (including phenoxy) is 1. The van der Waals surface area contributed by atoms with Gasteiger partial charge in [0.25, 0.3) is 0 Å². The molecule has 140 valence electrons. The smallest absolute Gasteiger partial charge is 0.177 e.